The smallest absolute Gasteiger partial charge is 0.0670 e. The summed E-state index contributed by atoms with van der Waals surface area (Å²) in [6.45, 7) is 10.1. The number of likely N-dealkylation sites (tertiary alicyclic amines) is 1. The quantitative estimate of drug-likeness (QED) is 0.751. The van der Waals surface area contributed by atoms with Crippen LogP contribution in [0, 0.1) is 0 Å². The fourth-order valence-corrected chi connectivity index (χ4v) is 2.43. The van der Waals surface area contributed by atoms with E-state index in [0.29, 0.717) is 12.1 Å². The highest BCUT2D eigenvalue weighted by molar-refractivity contribution is 4.83. The Balaban J connectivity index is 2.28. The maximum Gasteiger partial charge on any atom is 0.0670 e. The molecule has 1 rings (SSSR count). The highest BCUT2D eigenvalue weighted by Gasteiger charge is 2.25. The number of nitrogens with zero attached hydrogens (tertiary/aromatic N) is 1. The van der Waals surface area contributed by atoms with Crippen LogP contribution in [0.4, 0.5) is 0 Å². The number of hydrogen-bond acceptors (Lipinski definition) is 3. The summed E-state index contributed by atoms with van der Waals surface area (Å²) in [7, 11) is 1.80. The highest BCUT2D eigenvalue weighted by atomic mass is 16.5. The third-order valence-electron chi connectivity index (χ3n) is 3.59. The van der Waals surface area contributed by atoms with Crippen LogP contribution < -0.4 is 5.32 Å². The molecule has 0 aromatic rings. The SMILES string of the molecule is CCCNC1CCN(CC(C)OC)C(C)C1. The molecule has 1 aliphatic heterocycles. The van der Waals surface area contributed by atoms with Crippen LogP contribution in [-0.2, 0) is 4.74 Å². The predicted octanol–water partition coefficient (Wildman–Crippen LogP) is 1.87. The lowest BCUT2D eigenvalue weighted by Crippen LogP contribution is -2.49. The first kappa shape index (κ1) is 13.9. The van der Waals surface area contributed by atoms with Crippen molar-refractivity contribution >= 4 is 0 Å². The number of methoxy groups -OCH3 is 1. The number of ether oxygens (including phenoxy) is 1. The fraction of sp³-hybridized carbons (Fsp3) is 1.00. The average Bonchev–Trinajstić information content (AvgIpc) is 2.29. The van der Waals surface area contributed by atoms with E-state index in [-0.39, 0.29) is 0 Å². The first-order valence-corrected chi connectivity index (χ1v) is 6.67. The third kappa shape index (κ3) is 4.40. The van der Waals surface area contributed by atoms with Gasteiger partial charge < -0.3 is 10.1 Å². The molecule has 0 aliphatic carbocycles. The van der Waals surface area contributed by atoms with E-state index in [2.05, 4.69) is 31.0 Å². The van der Waals surface area contributed by atoms with Gasteiger partial charge in [0.15, 0.2) is 0 Å². The number of piperidine rings is 1. The van der Waals surface area contributed by atoms with Crippen molar-refractivity contribution in [3.05, 3.63) is 0 Å². The molecular weight excluding hydrogens is 200 g/mol. The Hall–Kier alpha value is -0.120. The molecule has 3 heteroatoms. The summed E-state index contributed by atoms with van der Waals surface area (Å²) in [6, 6.07) is 1.41. The molecular formula is C13H28N2O. The second-order valence-corrected chi connectivity index (χ2v) is 5.07. The Bertz CT molecular complexity index is 187. The third-order valence-corrected chi connectivity index (χ3v) is 3.59. The molecule has 1 N–H and O–H groups in total. The lowest BCUT2D eigenvalue weighted by Gasteiger charge is -2.39. The zero-order valence-corrected chi connectivity index (χ0v) is 11.3. The standard InChI is InChI=1S/C13H28N2O/c1-5-7-14-13-6-8-15(11(2)9-13)10-12(3)16-4/h11-14H,5-10H2,1-4H3. The van der Waals surface area contributed by atoms with Gasteiger partial charge in [-0.2, -0.15) is 0 Å². The monoisotopic (exact) mass is 228 g/mol. The average molecular weight is 228 g/mol. The van der Waals surface area contributed by atoms with Crippen molar-refractivity contribution in [1.82, 2.24) is 10.2 Å². The highest BCUT2D eigenvalue weighted by Crippen LogP contribution is 2.17. The maximum absolute atomic E-state index is 5.34. The predicted molar refractivity (Wildman–Crippen MR) is 68.8 cm³/mol. The summed E-state index contributed by atoms with van der Waals surface area (Å²) >= 11 is 0. The molecule has 1 fully saturated rings. The van der Waals surface area contributed by atoms with Gasteiger partial charge in [0.05, 0.1) is 6.10 Å². The number of hydrogen-bond donors (Lipinski definition) is 1. The van der Waals surface area contributed by atoms with Gasteiger partial charge in [0.2, 0.25) is 0 Å². The van der Waals surface area contributed by atoms with Crippen molar-refractivity contribution in [3.8, 4) is 0 Å². The molecule has 0 aromatic carbocycles. The molecule has 0 spiro atoms. The first-order chi connectivity index (χ1) is 7.67. The van der Waals surface area contributed by atoms with E-state index in [1.807, 2.05) is 0 Å². The minimum Gasteiger partial charge on any atom is -0.380 e. The van der Waals surface area contributed by atoms with E-state index in [1.54, 1.807) is 7.11 Å². The second-order valence-electron chi connectivity index (χ2n) is 5.07. The molecule has 96 valence electrons. The van der Waals surface area contributed by atoms with Crippen molar-refractivity contribution in [2.45, 2.75) is 58.2 Å². The van der Waals surface area contributed by atoms with E-state index < -0.39 is 0 Å². The van der Waals surface area contributed by atoms with Crippen molar-refractivity contribution in [3.63, 3.8) is 0 Å². The van der Waals surface area contributed by atoms with E-state index in [0.717, 1.165) is 19.1 Å². The number of rotatable bonds is 6. The second kappa shape index (κ2) is 7.25. The summed E-state index contributed by atoms with van der Waals surface area (Å²) in [5.41, 5.74) is 0. The lowest BCUT2D eigenvalue weighted by atomic mass is 9.98. The molecule has 0 saturated carbocycles. The van der Waals surface area contributed by atoms with Gasteiger partial charge in [-0.05, 0) is 39.7 Å². The van der Waals surface area contributed by atoms with Gasteiger partial charge >= 0.3 is 0 Å². The van der Waals surface area contributed by atoms with Crippen LogP contribution in [0.2, 0.25) is 0 Å². The van der Waals surface area contributed by atoms with Crippen LogP contribution >= 0.6 is 0 Å². The summed E-state index contributed by atoms with van der Waals surface area (Å²) in [4.78, 5) is 2.55. The minimum absolute atomic E-state index is 0.350. The zero-order valence-electron chi connectivity index (χ0n) is 11.3. The van der Waals surface area contributed by atoms with Gasteiger partial charge in [-0.25, -0.2) is 0 Å². The van der Waals surface area contributed by atoms with Gasteiger partial charge in [-0.1, -0.05) is 6.92 Å². The molecule has 3 nitrogen and oxygen atoms in total. The van der Waals surface area contributed by atoms with Crippen LogP contribution in [0.3, 0.4) is 0 Å². The van der Waals surface area contributed by atoms with Crippen LogP contribution in [0.25, 0.3) is 0 Å². The fourth-order valence-electron chi connectivity index (χ4n) is 2.43. The molecule has 16 heavy (non-hydrogen) atoms. The maximum atomic E-state index is 5.34. The largest absolute Gasteiger partial charge is 0.380 e. The van der Waals surface area contributed by atoms with Crippen LogP contribution in [0.1, 0.15) is 40.0 Å². The Morgan fingerprint density at radius 3 is 2.81 bits per heavy atom. The summed E-state index contributed by atoms with van der Waals surface area (Å²) in [5.74, 6) is 0. The molecule has 1 saturated heterocycles. The van der Waals surface area contributed by atoms with Gasteiger partial charge in [-0.3, -0.25) is 4.90 Å². The summed E-state index contributed by atoms with van der Waals surface area (Å²) in [5, 5.41) is 3.63. The molecule has 0 radical (unpaired) electrons. The Morgan fingerprint density at radius 2 is 2.25 bits per heavy atom. The van der Waals surface area contributed by atoms with E-state index in [1.165, 1.54) is 25.8 Å². The summed E-state index contributed by atoms with van der Waals surface area (Å²) in [6.07, 6.45) is 4.13. The van der Waals surface area contributed by atoms with Gasteiger partial charge in [0.1, 0.15) is 0 Å². The van der Waals surface area contributed by atoms with Crippen molar-refractivity contribution in [2.75, 3.05) is 26.7 Å². The summed E-state index contributed by atoms with van der Waals surface area (Å²) < 4.78 is 5.34. The van der Waals surface area contributed by atoms with Crippen LogP contribution in [0.15, 0.2) is 0 Å². The molecule has 3 unspecified atom stereocenters. The molecule has 1 aliphatic rings. The van der Waals surface area contributed by atoms with Crippen LogP contribution in [0.5, 0.6) is 0 Å². The van der Waals surface area contributed by atoms with Gasteiger partial charge in [0, 0.05) is 32.3 Å². The lowest BCUT2D eigenvalue weighted by molar-refractivity contribution is 0.0444. The molecule has 3 atom stereocenters. The van der Waals surface area contributed by atoms with Gasteiger partial charge in [0.25, 0.3) is 0 Å². The van der Waals surface area contributed by atoms with Crippen LogP contribution in [-0.4, -0.2) is 49.8 Å². The Kier molecular flexibility index (Phi) is 6.32. The normalized spacial score (nSPS) is 29.2. The minimum atomic E-state index is 0.350. The molecule has 0 bridgehead atoms. The van der Waals surface area contributed by atoms with Crippen molar-refractivity contribution in [2.24, 2.45) is 0 Å². The van der Waals surface area contributed by atoms with E-state index in [9.17, 15) is 0 Å². The molecule has 0 amide bonds. The Labute approximate surface area is 101 Å². The van der Waals surface area contributed by atoms with Crippen molar-refractivity contribution < 1.29 is 4.74 Å². The number of nitrogens with one attached hydrogen (secondary N) is 1. The topological polar surface area (TPSA) is 24.5 Å². The zero-order chi connectivity index (χ0) is 12.0. The van der Waals surface area contributed by atoms with E-state index >= 15 is 0 Å². The molecule has 1 heterocycles. The first-order valence-electron chi connectivity index (χ1n) is 6.67. The van der Waals surface area contributed by atoms with E-state index in [4.69, 9.17) is 4.74 Å². The van der Waals surface area contributed by atoms with Gasteiger partial charge in [-0.15, -0.1) is 0 Å². The Morgan fingerprint density at radius 1 is 1.50 bits per heavy atom. The molecule has 0 aromatic heterocycles. The van der Waals surface area contributed by atoms with Crippen molar-refractivity contribution in [1.29, 1.82) is 0 Å².